The molecule has 0 aliphatic carbocycles. The van der Waals surface area contributed by atoms with E-state index in [4.69, 9.17) is 9.68 Å². The van der Waals surface area contributed by atoms with Crippen molar-refractivity contribution in [2.45, 2.75) is 18.7 Å². The van der Waals surface area contributed by atoms with Gasteiger partial charge in [0.1, 0.15) is 11.5 Å². The third kappa shape index (κ3) is 3.33. The number of hydrazine groups is 1. The Bertz CT molecular complexity index is 845. The van der Waals surface area contributed by atoms with Crippen molar-refractivity contribution < 1.29 is 17.6 Å². The third-order valence-electron chi connectivity index (χ3n) is 2.88. The summed E-state index contributed by atoms with van der Waals surface area (Å²) in [7, 11) is -3.92. The number of nitriles is 1. The number of furan rings is 1. The number of nitrogens with zero attached hydrogens (tertiary/aromatic N) is 1. The van der Waals surface area contributed by atoms with Crippen LogP contribution in [-0.2, 0) is 10.0 Å². The number of carbonyl (C=O) groups excluding carboxylic acids is 1. The van der Waals surface area contributed by atoms with Gasteiger partial charge in [-0.3, -0.25) is 10.2 Å². The predicted octanol–water partition coefficient (Wildman–Crippen LogP) is 1.39. The van der Waals surface area contributed by atoms with Crippen molar-refractivity contribution in [2.75, 3.05) is 0 Å². The predicted molar refractivity (Wildman–Crippen MR) is 77.1 cm³/mol. The number of nitrogens with one attached hydrogen (secondary N) is 2. The molecule has 8 heteroatoms. The first-order valence-corrected chi connectivity index (χ1v) is 7.71. The van der Waals surface area contributed by atoms with Crippen LogP contribution in [0.3, 0.4) is 0 Å². The van der Waals surface area contributed by atoms with Crippen LogP contribution in [-0.4, -0.2) is 14.3 Å². The summed E-state index contributed by atoms with van der Waals surface area (Å²) >= 11 is 0. The zero-order valence-electron chi connectivity index (χ0n) is 11.9. The molecule has 0 radical (unpaired) electrons. The fourth-order valence-corrected chi connectivity index (χ4v) is 2.64. The molecule has 2 aromatic rings. The molecule has 0 unspecified atom stereocenters. The van der Waals surface area contributed by atoms with Gasteiger partial charge in [-0.1, -0.05) is 0 Å². The summed E-state index contributed by atoms with van der Waals surface area (Å²) in [5.74, 6) is 0.330. The summed E-state index contributed by atoms with van der Waals surface area (Å²) in [6, 6.07) is 8.71. The average molecular weight is 319 g/mol. The molecule has 0 aliphatic heterocycles. The highest BCUT2D eigenvalue weighted by Gasteiger charge is 2.18. The van der Waals surface area contributed by atoms with Gasteiger partial charge in [0, 0.05) is 0 Å². The molecule has 0 bridgehead atoms. The molecule has 114 valence electrons. The topological polar surface area (TPSA) is 112 Å². The SMILES string of the molecule is Cc1cc(C(=O)NNS(=O)(=O)c2ccc(C#N)cc2)c(C)o1. The quantitative estimate of drug-likeness (QED) is 0.827. The molecule has 0 atom stereocenters. The van der Waals surface area contributed by atoms with E-state index in [9.17, 15) is 13.2 Å². The number of amides is 1. The van der Waals surface area contributed by atoms with Gasteiger partial charge < -0.3 is 4.42 Å². The van der Waals surface area contributed by atoms with Crippen LogP contribution in [0.5, 0.6) is 0 Å². The Morgan fingerprint density at radius 1 is 1.23 bits per heavy atom. The van der Waals surface area contributed by atoms with Gasteiger partial charge in [0.05, 0.1) is 22.1 Å². The number of aryl methyl sites for hydroxylation is 2. The smallest absolute Gasteiger partial charge is 0.269 e. The van der Waals surface area contributed by atoms with Gasteiger partial charge in [-0.25, -0.2) is 8.42 Å². The molecular weight excluding hydrogens is 306 g/mol. The summed E-state index contributed by atoms with van der Waals surface area (Å²) in [5.41, 5.74) is 2.71. The average Bonchev–Trinajstić information content (AvgIpc) is 2.83. The number of rotatable bonds is 4. The summed E-state index contributed by atoms with van der Waals surface area (Å²) in [4.78, 5) is 13.8. The van der Waals surface area contributed by atoms with Gasteiger partial charge in [-0.15, -0.1) is 4.83 Å². The maximum atomic E-state index is 12.0. The van der Waals surface area contributed by atoms with E-state index in [1.807, 2.05) is 10.9 Å². The van der Waals surface area contributed by atoms with Crippen LogP contribution in [0.15, 0.2) is 39.6 Å². The van der Waals surface area contributed by atoms with Crippen LogP contribution in [0.1, 0.15) is 27.4 Å². The molecule has 1 heterocycles. The maximum Gasteiger partial charge on any atom is 0.269 e. The maximum absolute atomic E-state index is 12.0. The van der Waals surface area contributed by atoms with Crippen LogP contribution in [0.25, 0.3) is 0 Å². The minimum atomic E-state index is -3.92. The molecular formula is C14H13N3O4S. The lowest BCUT2D eigenvalue weighted by atomic mass is 10.2. The minimum absolute atomic E-state index is 0.0631. The Morgan fingerprint density at radius 2 is 1.86 bits per heavy atom. The van der Waals surface area contributed by atoms with Crippen LogP contribution in [0.2, 0.25) is 0 Å². The molecule has 0 spiro atoms. The van der Waals surface area contributed by atoms with Gasteiger partial charge in [-0.05, 0) is 44.2 Å². The normalized spacial score (nSPS) is 11.0. The van der Waals surface area contributed by atoms with E-state index in [-0.39, 0.29) is 10.5 Å². The molecule has 2 N–H and O–H groups in total. The molecule has 0 aliphatic rings. The van der Waals surface area contributed by atoms with Crippen molar-refractivity contribution >= 4 is 15.9 Å². The fraction of sp³-hybridized carbons (Fsp3) is 0.143. The Balaban J connectivity index is 2.11. The van der Waals surface area contributed by atoms with Crippen molar-refractivity contribution in [1.82, 2.24) is 10.3 Å². The van der Waals surface area contributed by atoms with Crippen LogP contribution in [0.4, 0.5) is 0 Å². The number of sulfonamides is 1. The lowest BCUT2D eigenvalue weighted by Crippen LogP contribution is -2.41. The number of carbonyl (C=O) groups is 1. The first-order valence-electron chi connectivity index (χ1n) is 6.23. The molecule has 1 aromatic heterocycles. The second-order valence-electron chi connectivity index (χ2n) is 4.52. The lowest BCUT2D eigenvalue weighted by Gasteiger charge is -2.08. The molecule has 0 saturated carbocycles. The van der Waals surface area contributed by atoms with Crippen molar-refractivity contribution in [3.63, 3.8) is 0 Å². The van der Waals surface area contributed by atoms with E-state index < -0.39 is 15.9 Å². The summed E-state index contributed by atoms with van der Waals surface area (Å²) in [6.07, 6.45) is 0. The van der Waals surface area contributed by atoms with Gasteiger partial charge in [-0.2, -0.15) is 5.26 Å². The molecule has 1 aromatic carbocycles. The van der Waals surface area contributed by atoms with Crippen molar-refractivity contribution in [2.24, 2.45) is 0 Å². The van der Waals surface area contributed by atoms with Crippen LogP contribution >= 0.6 is 0 Å². The largest absolute Gasteiger partial charge is 0.466 e. The number of hydrogen-bond acceptors (Lipinski definition) is 5. The van der Waals surface area contributed by atoms with Crippen LogP contribution < -0.4 is 10.3 Å². The zero-order valence-corrected chi connectivity index (χ0v) is 12.7. The third-order valence-corrected chi connectivity index (χ3v) is 4.14. The summed E-state index contributed by atoms with van der Waals surface area (Å²) in [6.45, 7) is 3.29. The Labute approximate surface area is 127 Å². The monoisotopic (exact) mass is 319 g/mol. The Morgan fingerprint density at radius 3 is 2.36 bits per heavy atom. The minimum Gasteiger partial charge on any atom is -0.466 e. The van der Waals surface area contributed by atoms with Gasteiger partial charge in [0.15, 0.2) is 0 Å². The van der Waals surface area contributed by atoms with Crippen molar-refractivity contribution in [3.8, 4) is 6.07 Å². The highest BCUT2D eigenvalue weighted by molar-refractivity contribution is 7.89. The highest BCUT2D eigenvalue weighted by Crippen LogP contribution is 2.13. The molecule has 7 nitrogen and oxygen atoms in total. The molecule has 2 rings (SSSR count). The van der Waals surface area contributed by atoms with Gasteiger partial charge in [0.2, 0.25) is 0 Å². The first kappa shape index (κ1) is 15.8. The first-order chi connectivity index (χ1) is 10.3. The lowest BCUT2D eigenvalue weighted by molar-refractivity contribution is 0.0943. The molecule has 0 saturated heterocycles. The fourth-order valence-electron chi connectivity index (χ4n) is 1.80. The molecule has 0 fully saturated rings. The Kier molecular flexibility index (Phi) is 4.30. The summed E-state index contributed by atoms with van der Waals surface area (Å²) < 4.78 is 29.3. The zero-order chi connectivity index (χ0) is 16.3. The Hall–Kier alpha value is -2.63. The second kappa shape index (κ2) is 6.01. The van der Waals surface area contributed by atoms with E-state index in [1.165, 1.54) is 30.3 Å². The van der Waals surface area contributed by atoms with Crippen molar-refractivity contribution in [1.29, 1.82) is 5.26 Å². The molecule has 22 heavy (non-hydrogen) atoms. The summed E-state index contributed by atoms with van der Waals surface area (Å²) in [5, 5.41) is 8.68. The van der Waals surface area contributed by atoms with Gasteiger partial charge in [0.25, 0.3) is 15.9 Å². The van der Waals surface area contributed by atoms with Crippen molar-refractivity contribution in [3.05, 3.63) is 53.0 Å². The van der Waals surface area contributed by atoms with Gasteiger partial charge >= 0.3 is 0 Å². The highest BCUT2D eigenvalue weighted by atomic mass is 32.2. The van der Waals surface area contributed by atoms with Crippen LogP contribution in [0, 0.1) is 25.2 Å². The van der Waals surface area contributed by atoms with E-state index in [2.05, 4.69) is 5.43 Å². The van der Waals surface area contributed by atoms with E-state index >= 15 is 0 Å². The second-order valence-corrected chi connectivity index (χ2v) is 6.21. The standard InChI is InChI=1S/C14H13N3O4S/c1-9-7-13(10(2)21-9)14(18)16-17-22(19,20)12-5-3-11(8-15)4-6-12/h3-7,17H,1-2H3,(H,16,18). The van der Waals surface area contributed by atoms with E-state index in [0.29, 0.717) is 17.1 Å². The number of hydrogen-bond donors (Lipinski definition) is 2. The van der Waals surface area contributed by atoms with E-state index in [1.54, 1.807) is 13.8 Å². The number of benzene rings is 1. The molecule has 1 amide bonds. The van der Waals surface area contributed by atoms with E-state index in [0.717, 1.165) is 0 Å².